The van der Waals surface area contributed by atoms with Crippen LogP contribution in [-0.4, -0.2) is 4.98 Å². The Labute approximate surface area is 130 Å². The SMILES string of the molecule is N#CCc1nc(Cl)ccc1-c1cc(Cl)c(Cl)c(Cl)c1. The van der Waals surface area contributed by atoms with E-state index in [1.165, 1.54) is 0 Å². The first kappa shape index (κ1) is 14.4. The van der Waals surface area contributed by atoms with Gasteiger partial charge in [0.1, 0.15) is 5.15 Å². The van der Waals surface area contributed by atoms with E-state index in [9.17, 15) is 0 Å². The van der Waals surface area contributed by atoms with Crippen molar-refractivity contribution in [1.29, 1.82) is 5.26 Å². The summed E-state index contributed by atoms with van der Waals surface area (Å²) in [6.45, 7) is 0. The molecule has 0 amide bonds. The third-order valence-electron chi connectivity index (χ3n) is 2.48. The van der Waals surface area contributed by atoms with E-state index in [0.717, 1.165) is 11.1 Å². The second-order valence-corrected chi connectivity index (χ2v) is 5.30. The summed E-state index contributed by atoms with van der Waals surface area (Å²) in [6, 6.07) is 8.84. The molecule has 2 aromatic rings. The lowest BCUT2D eigenvalue weighted by atomic mass is 10.0. The van der Waals surface area contributed by atoms with Crippen molar-refractivity contribution in [3.63, 3.8) is 0 Å². The highest BCUT2D eigenvalue weighted by atomic mass is 35.5. The molecule has 0 saturated carbocycles. The van der Waals surface area contributed by atoms with Crippen LogP contribution in [0.25, 0.3) is 11.1 Å². The quantitative estimate of drug-likeness (QED) is 0.543. The van der Waals surface area contributed by atoms with Gasteiger partial charge in [0.05, 0.1) is 33.3 Å². The fourth-order valence-electron chi connectivity index (χ4n) is 1.66. The third kappa shape index (κ3) is 3.13. The van der Waals surface area contributed by atoms with Crippen LogP contribution in [0.3, 0.4) is 0 Å². The van der Waals surface area contributed by atoms with Crippen LogP contribution in [0, 0.1) is 11.3 Å². The number of hydrogen-bond donors (Lipinski definition) is 0. The number of benzene rings is 1. The molecule has 96 valence electrons. The lowest BCUT2D eigenvalue weighted by molar-refractivity contribution is 1.12. The molecule has 0 aliphatic carbocycles. The fourth-order valence-corrected chi connectivity index (χ4v) is 2.42. The Balaban J connectivity index is 2.62. The van der Waals surface area contributed by atoms with Crippen molar-refractivity contribution in [3.05, 3.63) is 50.2 Å². The van der Waals surface area contributed by atoms with Gasteiger partial charge < -0.3 is 0 Å². The highest BCUT2D eigenvalue weighted by molar-refractivity contribution is 6.48. The van der Waals surface area contributed by atoms with Crippen LogP contribution >= 0.6 is 46.4 Å². The minimum atomic E-state index is 0.147. The van der Waals surface area contributed by atoms with Gasteiger partial charge in [0.25, 0.3) is 0 Å². The molecule has 2 nitrogen and oxygen atoms in total. The van der Waals surface area contributed by atoms with E-state index in [2.05, 4.69) is 4.98 Å². The van der Waals surface area contributed by atoms with Gasteiger partial charge in [-0.1, -0.05) is 46.4 Å². The van der Waals surface area contributed by atoms with Gasteiger partial charge in [0.2, 0.25) is 0 Å². The normalized spacial score (nSPS) is 10.3. The van der Waals surface area contributed by atoms with E-state index >= 15 is 0 Å². The van der Waals surface area contributed by atoms with Crippen molar-refractivity contribution in [2.75, 3.05) is 0 Å². The zero-order chi connectivity index (χ0) is 14.0. The smallest absolute Gasteiger partial charge is 0.129 e. The van der Waals surface area contributed by atoms with E-state index in [0.29, 0.717) is 25.9 Å². The Hall–Kier alpha value is -0.980. The van der Waals surface area contributed by atoms with Gasteiger partial charge in [0.15, 0.2) is 0 Å². The molecule has 0 aliphatic rings. The molecule has 1 aromatic heterocycles. The molecule has 1 heterocycles. The molecule has 0 aliphatic heterocycles. The van der Waals surface area contributed by atoms with Gasteiger partial charge >= 0.3 is 0 Å². The van der Waals surface area contributed by atoms with Gasteiger partial charge in [0, 0.05) is 5.56 Å². The number of hydrogen-bond acceptors (Lipinski definition) is 2. The average molecular weight is 332 g/mol. The van der Waals surface area contributed by atoms with Crippen LogP contribution in [0.2, 0.25) is 20.2 Å². The molecule has 19 heavy (non-hydrogen) atoms. The molecule has 0 radical (unpaired) electrons. The van der Waals surface area contributed by atoms with Crippen molar-refractivity contribution in [1.82, 2.24) is 4.98 Å². The first-order valence-corrected chi connectivity index (χ1v) is 6.71. The number of rotatable bonds is 2. The van der Waals surface area contributed by atoms with E-state index in [4.69, 9.17) is 51.7 Å². The first-order chi connectivity index (χ1) is 9.02. The summed E-state index contributed by atoms with van der Waals surface area (Å²) in [5, 5.41) is 10.2. The van der Waals surface area contributed by atoms with Crippen molar-refractivity contribution in [2.24, 2.45) is 0 Å². The van der Waals surface area contributed by atoms with Crippen LogP contribution in [0.5, 0.6) is 0 Å². The first-order valence-electron chi connectivity index (χ1n) is 5.20. The summed E-state index contributed by atoms with van der Waals surface area (Å²) in [4.78, 5) is 4.14. The summed E-state index contributed by atoms with van der Waals surface area (Å²) in [7, 11) is 0. The van der Waals surface area contributed by atoms with E-state index in [1.54, 1.807) is 24.3 Å². The second-order valence-electron chi connectivity index (χ2n) is 3.72. The van der Waals surface area contributed by atoms with Crippen LogP contribution in [0.4, 0.5) is 0 Å². The molecule has 0 saturated heterocycles. The Kier molecular flexibility index (Phi) is 4.54. The van der Waals surface area contributed by atoms with E-state index < -0.39 is 0 Å². The number of halogens is 4. The topological polar surface area (TPSA) is 36.7 Å². The maximum Gasteiger partial charge on any atom is 0.129 e. The summed E-state index contributed by atoms with van der Waals surface area (Å²) < 4.78 is 0. The number of nitrogens with zero attached hydrogens (tertiary/aromatic N) is 2. The van der Waals surface area contributed by atoms with Gasteiger partial charge in [-0.2, -0.15) is 5.26 Å². The van der Waals surface area contributed by atoms with E-state index in [-0.39, 0.29) is 6.42 Å². The lowest BCUT2D eigenvalue weighted by Crippen LogP contribution is -1.94. The zero-order valence-electron chi connectivity index (χ0n) is 9.42. The van der Waals surface area contributed by atoms with Crippen LogP contribution in [-0.2, 0) is 6.42 Å². The Morgan fingerprint density at radius 1 is 1.05 bits per heavy atom. The number of nitriles is 1. The molecule has 0 N–H and O–H groups in total. The third-order valence-corrected chi connectivity index (χ3v) is 3.89. The average Bonchev–Trinajstić information content (AvgIpc) is 2.36. The largest absolute Gasteiger partial charge is 0.239 e. The molecular formula is C13H6Cl4N2. The van der Waals surface area contributed by atoms with Crippen molar-refractivity contribution in [2.45, 2.75) is 6.42 Å². The Bertz CT molecular complexity index is 654. The lowest BCUT2D eigenvalue weighted by Gasteiger charge is -2.09. The van der Waals surface area contributed by atoms with Crippen LogP contribution in [0.1, 0.15) is 5.69 Å². The molecule has 1 aromatic carbocycles. The van der Waals surface area contributed by atoms with Gasteiger partial charge in [-0.25, -0.2) is 4.98 Å². The minimum Gasteiger partial charge on any atom is -0.239 e. The summed E-state index contributed by atoms with van der Waals surface area (Å²) in [5.41, 5.74) is 2.07. The summed E-state index contributed by atoms with van der Waals surface area (Å²) in [5.74, 6) is 0. The zero-order valence-corrected chi connectivity index (χ0v) is 12.4. The van der Waals surface area contributed by atoms with Gasteiger partial charge in [-0.3, -0.25) is 0 Å². The summed E-state index contributed by atoms with van der Waals surface area (Å²) in [6.07, 6.45) is 0.147. The second kappa shape index (κ2) is 5.98. The molecular weight excluding hydrogens is 326 g/mol. The molecule has 0 spiro atoms. The van der Waals surface area contributed by atoms with Crippen molar-refractivity contribution >= 4 is 46.4 Å². The fraction of sp³-hybridized carbons (Fsp3) is 0.0769. The monoisotopic (exact) mass is 330 g/mol. The Morgan fingerprint density at radius 3 is 2.26 bits per heavy atom. The minimum absolute atomic E-state index is 0.147. The highest BCUT2D eigenvalue weighted by Crippen LogP contribution is 2.36. The maximum atomic E-state index is 8.83. The Morgan fingerprint density at radius 2 is 1.68 bits per heavy atom. The predicted molar refractivity (Wildman–Crippen MR) is 79.0 cm³/mol. The molecule has 2 rings (SSSR count). The van der Waals surface area contributed by atoms with Crippen molar-refractivity contribution < 1.29 is 0 Å². The van der Waals surface area contributed by atoms with Gasteiger partial charge in [-0.15, -0.1) is 0 Å². The van der Waals surface area contributed by atoms with Crippen molar-refractivity contribution in [3.8, 4) is 17.2 Å². The predicted octanol–water partition coefficient (Wildman–Crippen LogP) is 5.43. The van der Waals surface area contributed by atoms with Crippen LogP contribution < -0.4 is 0 Å². The number of pyridine rings is 1. The summed E-state index contributed by atoms with van der Waals surface area (Å²) >= 11 is 23.7. The molecule has 0 unspecified atom stereocenters. The standard InChI is InChI=1S/C13H6Cl4N2/c14-9-5-7(6-10(15)13(9)17)8-1-2-12(16)19-11(8)3-4-18/h1-2,5-6H,3H2. The highest BCUT2D eigenvalue weighted by Gasteiger charge is 2.12. The maximum absolute atomic E-state index is 8.83. The van der Waals surface area contributed by atoms with Crippen LogP contribution in [0.15, 0.2) is 24.3 Å². The molecule has 0 bridgehead atoms. The number of aromatic nitrogens is 1. The molecule has 0 atom stereocenters. The van der Waals surface area contributed by atoms with E-state index in [1.807, 2.05) is 6.07 Å². The van der Waals surface area contributed by atoms with Gasteiger partial charge in [-0.05, 0) is 29.8 Å². The molecule has 6 heteroatoms. The molecule has 0 fully saturated rings.